The van der Waals surface area contributed by atoms with Gasteiger partial charge in [-0.25, -0.2) is 15.0 Å². The second-order valence-electron chi connectivity index (χ2n) is 7.51. The summed E-state index contributed by atoms with van der Waals surface area (Å²) >= 11 is 12.9. The first kappa shape index (κ1) is 23.2. The number of hydrogen-bond acceptors (Lipinski definition) is 3. The van der Waals surface area contributed by atoms with E-state index in [0.717, 1.165) is 63.7 Å². The molecule has 0 bridgehead atoms. The number of halogens is 2. The van der Waals surface area contributed by atoms with Crippen LogP contribution in [0.2, 0.25) is 10.0 Å². The highest BCUT2D eigenvalue weighted by Crippen LogP contribution is 2.32. The maximum absolute atomic E-state index is 6.50. The minimum Gasteiger partial charge on any atom is -0.250 e. The zero-order chi connectivity index (χ0) is 22.5. The standard InChI is InChI=1S/C26H27Cl2N3/c1-6-19-10-8-11-21(27)25(19)29-17(4)23-12-9-13-24(31-23)18(5)30-26-20(7-2)14-16(3)15-22(26)28/h8-15H,6-7H2,1-5H3. The van der Waals surface area contributed by atoms with E-state index in [0.29, 0.717) is 10.0 Å². The van der Waals surface area contributed by atoms with Gasteiger partial charge in [-0.3, -0.25) is 0 Å². The molecule has 1 heterocycles. The van der Waals surface area contributed by atoms with Gasteiger partial charge in [-0.2, -0.15) is 0 Å². The molecule has 3 rings (SSSR count). The SMILES string of the molecule is CCc1cccc(Cl)c1N=C(C)c1cccc(C(C)=Nc2c(Cl)cc(C)cc2CC)n1. The smallest absolute Gasteiger partial charge is 0.0851 e. The fourth-order valence-electron chi connectivity index (χ4n) is 3.46. The van der Waals surface area contributed by atoms with Crippen molar-refractivity contribution in [1.82, 2.24) is 4.98 Å². The zero-order valence-corrected chi connectivity index (χ0v) is 20.1. The molecule has 0 aliphatic carbocycles. The van der Waals surface area contributed by atoms with Crippen LogP contribution in [0.4, 0.5) is 11.4 Å². The van der Waals surface area contributed by atoms with Crippen molar-refractivity contribution in [1.29, 1.82) is 0 Å². The van der Waals surface area contributed by atoms with E-state index in [1.54, 1.807) is 0 Å². The van der Waals surface area contributed by atoms with E-state index in [2.05, 4.69) is 26.0 Å². The first-order valence-corrected chi connectivity index (χ1v) is 11.2. The van der Waals surface area contributed by atoms with Gasteiger partial charge in [-0.1, -0.05) is 61.3 Å². The Balaban J connectivity index is 2.00. The van der Waals surface area contributed by atoms with Gasteiger partial charge < -0.3 is 0 Å². The van der Waals surface area contributed by atoms with Crippen molar-refractivity contribution < 1.29 is 0 Å². The number of rotatable bonds is 6. The highest BCUT2D eigenvalue weighted by atomic mass is 35.5. The molecule has 2 aromatic carbocycles. The number of benzene rings is 2. The Morgan fingerprint density at radius 3 is 1.90 bits per heavy atom. The monoisotopic (exact) mass is 451 g/mol. The van der Waals surface area contributed by atoms with E-state index in [4.69, 9.17) is 38.2 Å². The summed E-state index contributed by atoms with van der Waals surface area (Å²) in [6.45, 7) is 10.2. The quantitative estimate of drug-likeness (QED) is 0.348. The molecule has 0 saturated carbocycles. The fraction of sp³-hybridized carbons (Fsp3) is 0.269. The summed E-state index contributed by atoms with van der Waals surface area (Å²) in [5.74, 6) is 0. The summed E-state index contributed by atoms with van der Waals surface area (Å²) in [6, 6.07) is 15.8. The van der Waals surface area contributed by atoms with E-state index < -0.39 is 0 Å². The first-order chi connectivity index (χ1) is 14.8. The van der Waals surface area contributed by atoms with Crippen molar-refractivity contribution in [3.63, 3.8) is 0 Å². The molecule has 3 nitrogen and oxygen atoms in total. The maximum atomic E-state index is 6.50. The van der Waals surface area contributed by atoms with Gasteiger partial charge in [0.1, 0.15) is 0 Å². The number of pyridine rings is 1. The molecule has 3 aromatic rings. The first-order valence-electron chi connectivity index (χ1n) is 10.5. The maximum Gasteiger partial charge on any atom is 0.0851 e. The van der Waals surface area contributed by atoms with E-state index in [9.17, 15) is 0 Å². The highest BCUT2D eigenvalue weighted by molar-refractivity contribution is 6.33. The normalized spacial score (nSPS) is 12.4. The molecule has 0 aliphatic heterocycles. The largest absolute Gasteiger partial charge is 0.250 e. The molecule has 0 amide bonds. The number of hydrogen-bond donors (Lipinski definition) is 0. The van der Waals surface area contributed by atoms with Crippen molar-refractivity contribution in [2.24, 2.45) is 9.98 Å². The molecule has 5 heteroatoms. The third kappa shape index (κ3) is 5.41. The number of aliphatic imine (C=N–C) groups is 2. The predicted octanol–water partition coefficient (Wildman–Crippen LogP) is 8.10. The van der Waals surface area contributed by atoms with Gasteiger partial charge in [-0.05, 0) is 74.6 Å². The van der Waals surface area contributed by atoms with Crippen LogP contribution in [0, 0.1) is 6.92 Å². The van der Waals surface area contributed by atoms with Crippen LogP contribution in [-0.4, -0.2) is 16.4 Å². The van der Waals surface area contributed by atoms with Crippen molar-refractivity contribution in [3.05, 3.63) is 86.7 Å². The van der Waals surface area contributed by atoms with Crippen LogP contribution in [0.1, 0.15) is 55.8 Å². The van der Waals surface area contributed by atoms with Crippen LogP contribution < -0.4 is 0 Å². The molecule has 31 heavy (non-hydrogen) atoms. The third-order valence-electron chi connectivity index (χ3n) is 5.17. The number of para-hydroxylation sites is 1. The molecule has 0 N–H and O–H groups in total. The molecule has 0 saturated heterocycles. The lowest BCUT2D eigenvalue weighted by molar-refractivity contribution is 1.12. The Morgan fingerprint density at radius 1 is 0.774 bits per heavy atom. The van der Waals surface area contributed by atoms with Gasteiger partial charge in [0.15, 0.2) is 0 Å². The van der Waals surface area contributed by atoms with Gasteiger partial charge >= 0.3 is 0 Å². The van der Waals surface area contributed by atoms with Gasteiger partial charge in [0, 0.05) is 0 Å². The summed E-state index contributed by atoms with van der Waals surface area (Å²) < 4.78 is 0. The molecule has 0 spiro atoms. The lowest BCUT2D eigenvalue weighted by atomic mass is 10.1. The molecule has 160 valence electrons. The lowest BCUT2D eigenvalue weighted by Gasteiger charge is -2.10. The number of nitrogens with zero attached hydrogens (tertiary/aromatic N) is 3. The van der Waals surface area contributed by atoms with Gasteiger partial charge in [0.25, 0.3) is 0 Å². The predicted molar refractivity (Wildman–Crippen MR) is 134 cm³/mol. The number of aryl methyl sites for hydroxylation is 3. The number of aromatic nitrogens is 1. The van der Waals surface area contributed by atoms with Crippen LogP contribution in [0.15, 0.2) is 58.5 Å². The van der Waals surface area contributed by atoms with E-state index in [-0.39, 0.29) is 0 Å². The van der Waals surface area contributed by atoms with Crippen LogP contribution >= 0.6 is 23.2 Å². The zero-order valence-electron chi connectivity index (χ0n) is 18.6. The molecule has 0 fully saturated rings. The average Bonchev–Trinajstić information content (AvgIpc) is 2.76. The Labute approximate surface area is 194 Å². The summed E-state index contributed by atoms with van der Waals surface area (Å²) in [4.78, 5) is 14.4. The van der Waals surface area contributed by atoms with Crippen molar-refractivity contribution in [2.75, 3.05) is 0 Å². The summed E-state index contributed by atoms with van der Waals surface area (Å²) in [5, 5.41) is 1.31. The van der Waals surface area contributed by atoms with E-state index >= 15 is 0 Å². The molecule has 0 atom stereocenters. The van der Waals surface area contributed by atoms with Crippen molar-refractivity contribution >= 4 is 46.0 Å². The van der Waals surface area contributed by atoms with E-state index in [1.807, 2.05) is 57.2 Å². The van der Waals surface area contributed by atoms with Crippen LogP contribution in [-0.2, 0) is 12.8 Å². The van der Waals surface area contributed by atoms with Gasteiger partial charge in [0.2, 0.25) is 0 Å². The molecular weight excluding hydrogens is 425 g/mol. The topological polar surface area (TPSA) is 37.6 Å². The van der Waals surface area contributed by atoms with Gasteiger partial charge in [0.05, 0.1) is 44.2 Å². The second kappa shape index (κ2) is 10.2. The van der Waals surface area contributed by atoms with Crippen LogP contribution in [0.5, 0.6) is 0 Å². The second-order valence-corrected chi connectivity index (χ2v) is 8.33. The highest BCUT2D eigenvalue weighted by Gasteiger charge is 2.11. The average molecular weight is 452 g/mol. The minimum absolute atomic E-state index is 0.647. The van der Waals surface area contributed by atoms with Crippen LogP contribution in [0.3, 0.4) is 0 Å². The molecule has 1 aromatic heterocycles. The molecule has 0 radical (unpaired) electrons. The van der Waals surface area contributed by atoms with Crippen molar-refractivity contribution in [3.8, 4) is 0 Å². The molecule has 0 aliphatic rings. The summed E-state index contributed by atoms with van der Waals surface area (Å²) in [5.41, 5.74) is 8.19. The lowest BCUT2D eigenvalue weighted by Crippen LogP contribution is -2.05. The van der Waals surface area contributed by atoms with E-state index in [1.165, 1.54) is 0 Å². The van der Waals surface area contributed by atoms with Crippen LogP contribution in [0.25, 0.3) is 0 Å². The summed E-state index contributed by atoms with van der Waals surface area (Å²) in [7, 11) is 0. The Hall–Kier alpha value is -2.49. The Kier molecular flexibility index (Phi) is 7.64. The Morgan fingerprint density at radius 2 is 1.32 bits per heavy atom. The minimum atomic E-state index is 0.647. The molecular formula is C26H27Cl2N3. The summed E-state index contributed by atoms with van der Waals surface area (Å²) in [6.07, 6.45) is 1.73. The fourth-order valence-corrected chi connectivity index (χ4v) is 4.03. The van der Waals surface area contributed by atoms with Gasteiger partial charge in [-0.15, -0.1) is 0 Å². The molecule has 0 unspecified atom stereocenters. The third-order valence-corrected chi connectivity index (χ3v) is 5.76. The Bertz CT molecular complexity index is 1160. The van der Waals surface area contributed by atoms with Crippen molar-refractivity contribution in [2.45, 2.75) is 47.5 Å².